The van der Waals surface area contributed by atoms with Gasteiger partial charge in [-0.25, -0.2) is 0 Å². The summed E-state index contributed by atoms with van der Waals surface area (Å²) < 4.78 is 11.5. The van der Waals surface area contributed by atoms with Gasteiger partial charge in [0, 0.05) is 6.54 Å². The lowest BCUT2D eigenvalue weighted by Gasteiger charge is -2.22. The number of nitrogens with one attached hydrogen (secondary N) is 1. The normalized spacial score (nSPS) is 14.1. The Kier molecular flexibility index (Phi) is 7.35. The van der Waals surface area contributed by atoms with E-state index < -0.39 is 6.10 Å². The van der Waals surface area contributed by atoms with Crippen molar-refractivity contribution in [3.05, 3.63) is 59.2 Å². The molecule has 2 aromatic rings. The van der Waals surface area contributed by atoms with Crippen LogP contribution in [0.4, 0.5) is 0 Å². The van der Waals surface area contributed by atoms with E-state index in [1.54, 1.807) is 0 Å². The lowest BCUT2D eigenvalue weighted by Crippen LogP contribution is -2.37. The number of carbonyl (C=O) groups is 1. The lowest BCUT2D eigenvalue weighted by molar-refractivity contribution is -0.127. The number of fused-ring (bicyclic) bond motifs is 1. The van der Waals surface area contributed by atoms with E-state index in [-0.39, 0.29) is 5.91 Å². The van der Waals surface area contributed by atoms with Crippen LogP contribution >= 0.6 is 0 Å². The molecule has 2 aromatic carbocycles. The molecule has 3 rings (SSSR count). The summed E-state index contributed by atoms with van der Waals surface area (Å²) in [6, 6.07) is 14.3. The van der Waals surface area contributed by atoms with E-state index in [2.05, 4.69) is 23.5 Å². The second kappa shape index (κ2) is 10.2. The predicted octanol–water partition coefficient (Wildman–Crippen LogP) is 4.48. The largest absolute Gasteiger partial charge is 0.494 e. The SMILES string of the molecule is CCOc1ccc(CCCNC(=O)[C@H](C)Oc2cccc3c2CCCC3)cc1. The van der Waals surface area contributed by atoms with Crippen LogP contribution in [0.15, 0.2) is 42.5 Å². The molecule has 0 heterocycles. The van der Waals surface area contributed by atoms with Crippen molar-refractivity contribution in [2.45, 2.75) is 58.5 Å². The van der Waals surface area contributed by atoms with Gasteiger partial charge < -0.3 is 14.8 Å². The van der Waals surface area contributed by atoms with Crippen LogP contribution in [0.2, 0.25) is 0 Å². The first-order valence-electron chi connectivity index (χ1n) is 10.4. The first-order valence-corrected chi connectivity index (χ1v) is 10.4. The van der Waals surface area contributed by atoms with Gasteiger partial charge in [0.2, 0.25) is 0 Å². The lowest BCUT2D eigenvalue weighted by atomic mass is 9.91. The van der Waals surface area contributed by atoms with Crippen molar-refractivity contribution in [3.8, 4) is 11.5 Å². The van der Waals surface area contributed by atoms with Gasteiger partial charge in [-0.15, -0.1) is 0 Å². The van der Waals surface area contributed by atoms with E-state index in [0.29, 0.717) is 13.2 Å². The molecule has 1 amide bonds. The first-order chi connectivity index (χ1) is 13.7. The number of hydrogen-bond acceptors (Lipinski definition) is 3. The third-order valence-corrected chi connectivity index (χ3v) is 5.20. The molecule has 0 aromatic heterocycles. The molecule has 1 aliphatic carbocycles. The molecular weight excluding hydrogens is 350 g/mol. The molecule has 4 heteroatoms. The quantitative estimate of drug-likeness (QED) is 0.652. The number of aryl methyl sites for hydroxylation is 2. The summed E-state index contributed by atoms with van der Waals surface area (Å²) in [5.41, 5.74) is 3.90. The van der Waals surface area contributed by atoms with E-state index in [4.69, 9.17) is 9.47 Å². The summed E-state index contributed by atoms with van der Waals surface area (Å²) in [6.45, 7) is 5.13. The van der Waals surface area contributed by atoms with Crippen LogP contribution in [0.3, 0.4) is 0 Å². The maximum absolute atomic E-state index is 12.4. The summed E-state index contributed by atoms with van der Waals surface area (Å²) >= 11 is 0. The molecular formula is C24H31NO3. The maximum atomic E-state index is 12.4. The molecule has 28 heavy (non-hydrogen) atoms. The van der Waals surface area contributed by atoms with Crippen LogP contribution in [0.1, 0.15) is 49.8 Å². The Hall–Kier alpha value is -2.49. The van der Waals surface area contributed by atoms with Crippen LogP contribution in [-0.2, 0) is 24.1 Å². The molecule has 0 radical (unpaired) electrons. The molecule has 0 unspecified atom stereocenters. The van der Waals surface area contributed by atoms with Gasteiger partial charge in [0.25, 0.3) is 5.91 Å². The fourth-order valence-corrected chi connectivity index (χ4v) is 3.67. The van der Waals surface area contributed by atoms with Crippen molar-refractivity contribution >= 4 is 5.91 Å². The number of hydrogen-bond donors (Lipinski definition) is 1. The highest BCUT2D eigenvalue weighted by Crippen LogP contribution is 2.30. The van der Waals surface area contributed by atoms with Gasteiger partial charge in [0.1, 0.15) is 11.5 Å². The first kappa shape index (κ1) is 20.2. The topological polar surface area (TPSA) is 47.6 Å². The number of carbonyl (C=O) groups excluding carboxylic acids is 1. The minimum Gasteiger partial charge on any atom is -0.494 e. The second-order valence-corrected chi connectivity index (χ2v) is 7.33. The summed E-state index contributed by atoms with van der Waals surface area (Å²) in [5, 5.41) is 3.00. The summed E-state index contributed by atoms with van der Waals surface area (Å²) in [5.74, 6) is 1.71. The van der Waals surface area contributed by atoms with Crippen molar-refractivity contribution in [1.82, 2.24) is 5.32 Å². The number of ether oxygens (including phenoxy) is 2. The zero-order chi connectivity index (χ0) is 19.8. The average Bonchev–Trinajstić information content (AvgIpc) is 2.72. The van der Waals surface area contributed by atoms with E-state index in [0.717, 1.165) is 37.2 Å². The predicted molar refractivity (Wildman–Crippen MR) is 112 cm³/mol. The second-order valence-electron chi connectivity index (χ2n) is 7.33. The smallest absolute Gasteiger partial charge is 0.260 e. The van der Waals surface area contributed by atoms with Gasteiger partial charge in [-0.1, -0.05) is 24.3 Å². The van der Waals surface area contributed by atoms with Crippen LogP contribution in [0.5, 0.6) is 11.5 Å². The maximum Gasteiger partial charge on any atom is 0.260 e. The standard InChI is InChI=1S/C24H31NO3/c1-3-27-21-15-13-19(14-16-21)8-7-17-25-24(26)18(2)28-23-12-6-10-20-9-4-5-11-22(20)23/h6,10,12-16,18H,3-5,7-9,11,17H2,1-2H3,(H,25,26)/t18-/m0/s1. The Morgan fingerprint density at radius 3 is 2.68 bits per heavy atom. The molecule has 0 spiro atoms. The van der Waals surface area contributed by atoms with E-state index in [1.807, 2.05) is 38.1 Å². The Balaban J connectivity index is 1.42. The fraction of sp³-hybridized carbons (Fsp3) is 0.458. The highest BCUT2D eigenvalue weighted by Gasteiger charge is 2.19. The number of benzene rings is 2. The zero-order valence-corrected chi connectivity index (χ0v) is 17.0. The Morgan fingerprint density at radius 1 is 1.11 bits per heavy atom. The average molecular weight is 382 g/mol. The molecule has 0 saturated carbocycles. The number of rotatable bonds is 9. The van der Waals surface area contributed by atoms with Crippen molar-refractivity contribution in [2.24, 2.45) is 0 Å². The van der Waals surface area contributed by atoms with Crippen LogP contribution in [-0.4, -0.2) is 25.2 Å². The van der Waals surface area contributed by atoms with Crippen molar-refractivity contribution < 1.29 is 14.3 Å². The molecule has 0 bridgehead atoms. The van der Waals surface area contributed by atoms with Crippen LogP contribution in [0.25, 0.3) is 0 Å². The summed E-state index contributed by atoms with van der Waals surface area (Å²) in [6.07, 6.45) is 5.92. The summed E-state index contributed by atoms with van der Waals surface area (Å²) in [4.78, 5) is 12.4. The molecule has 1 N–H and O–H groups in total. The van der Waals surface area contributed by atoms with Gasteiger partial charge in [-0.05, 0) is 87.3 Å². The van der Waals surface area contributed by atoms with Gasteiger partial charge in [-0.3, -0.25) is 4.79 Å². The molecule has 1 atom stereocenters. The molecule has 150 valence electrons. The van der Waals surface area contributed by atoms with Crippen molar-refractivity contribution in [2.75, 3.05) is 13.2 Å². The Morgan fingerprint density at radius 2 is 1.89 bits per heavy atom. The fourth-order valence-electron chi connectivity index (χ4n) is 3.67. The monoisotopic (exact) mass is 381 g/mol. The van der Waals surface area contributed by atoms with Gasteiger partial charge in [0.05, 0.1) is 6.61 Å². The van der Waals surface area contributed by atoms with Gasteiger partial charge in [0.15, 0.2) is 6.10 Å². The van der Waals surface area contributed by atoms with Crippen molar-refractivity contribution in [3.63, 3.8) is 0 Å². The highest BCUT2D eigenvalue weighted by molar-refractivity contribution is 5.80. The zero-order valence-electron chi connectivity index (χ0n) is 17.0. The van der Waals surface area contributed by atoms with Crippen molar-refractivity contribution in [1.29, 1.82) is 0 Å². The van der Waals surface area contributed by atoms with Crippen LogP contribution < -0.4 is 14.8 Å². The molecule has 0 saturated heterocycles. The Bertz CT molecular complexity index is 770. The number of amides is 1. The van der Waals surface area contributed by atoms with Gasteiger partial charge in [-0.2, -0.15) is 0 Å². The molecule has 4 nitrogen and oxygen atoms in total. The van der Waals surface area contributed by atoms with Gasteiger partial charge >= 0.3 is 0 Å². The third-order valence-electron chi connectivity index (χ3n) is 5.20. The minimum absolute atomic E-state index is 0.0555. The van der Waals surface area contributed by atoms with E-state index >= 15 is 0 Å². The van der Waals surface area contributed by atoms with E-state index in [9.17, 15) is 4.79 Å². The molecule has 1 aliphatic rings. The Labute approximate surface area is 168 Å². The molecule has 0 aliphatic heterocycles. The summed E-state index contributed by atoms with van der Waals surface area (Å²) in [7, 11) is 0. The minimum atomic E-state index is -0.487. The molecule has 0 fully saturated rings. The van der Waals surface area contributed by atoms with Crippen LogP contribution in [0, 0.1) is 0 Å². The van der Waals surface area contributed by atoms with E-state index in [1.165, 1.54) is 29.5 Å². The highest BCUT2D eigenvalue weighted by atomic mass is 16.5. The third kappa shape index (κ3) is 5.51.